The molecule has 1 aromatic heterocycles. The highest BCUT2D eigenvalue weighted by Crippen LogP contribution is 2.28. The van der Waals surface area contributed by atoms with Crippen molar-refractivity contribution in [1.82, 2.24) is 15.4 Å². The van der Waals surface area contributed by atoms with Crippen molar-refractivity contribution >= 4 is 16.7 Å². The third-order valence-electron chi connectivity index (χ3n) is 6.27. The van der Waals surface area contributed by atoms with Gasteiger partial charge in [0, 0.05) is 12.6 Å². The third-order valence-corrected chi connectivity index (χ3v) is 6.27. The summed E-state index contributed by atoms with van der Waals surface area (Å²) in [6, 6.07) is 12.3. The molecule has 1 amide bonds. The molecule has 1 unspecified atom stereocenters. The molecule has 0 spiro atoms. The molecule has 0 aliphatic carbocycles. The monoisotopic (exact) mass is 421 g/mol. The van der Waals surface area contributed by atoms with Gasteiger partial charge >= 0.3 is 0 Å². The first kappa shape index (κ1) is 21.4. The zero-order valence-electron chi connectivity index (χ0n) is 18.6. The van der Waals surface area contributed by atoms with Gasteiger partial charge in [-0.3, -0.25) is 9.69 Å². The number of carbonyl (C=O) groups excluding carboxylic acids is 1. The summed E-state index contributed by atoms with van der Waals surface area (Å²) in [5.74, 6) is 1.21. The number of carbonyl (C=O) groups is 1. The predicted molar refractivity (Wildman–Crippen MR) is 121 cm³/mol. The van der Waals surface area contributed by atoms with Crippen LogP contribution < -0.4 is 10.1 Å². The SMILES string of the molecule is CCC(CNC(=O)c1cc2ccccc2cc1OCc1c(C)noc1C)N1CCCC1. The van der Waals surface area contributed by atoms with Gasteiger partial charge in [0.25, 0.3) is 5.91 Å². The quantitative estimate of drug-likeness (QED) is 0.574. The molecular formula is C25H31N3O3. The van der Waals surface area contributed by atoms with Crippen molar-refractivity contribution in [2.75, 3.05) is 19.6 Å². The van der Waals surface area contributed by atoms with Crippen molar-refractivity contribution in [3.63, 3.8) is 0 Å². The third kappa shape index (κ3) is 4.74. The Hall–Kier alpha value is -2.86. The fraction of sp³-hybridized carbons (Fsp3) is 0.440. The fourth-order valence-electron chi connectivity index (χ4n) is 4.32. The van der Waals surface area contributed by atoms with E-state index in [1.165, 1.54) is 12.8 Å². The Morgan fingerprint density at radius 2 is 1.90 bits per heavy atom. The first-order chi connectivity index (χ1) is 15.1. The van der Waals surface area contributed by atoms with Crippen LogP contribution in [-0.2, 0) is 6.61 Å². The summed E-state index contributed by atoms with van der Waals surface area (Å²) in [4.78, 5) is 15.7. The van der Waals surface area contributed by atoms with Gasteiger partial charge in [0.05, 0.1) is 16.8 Å². The van der Waals surface area contributed by atoms with Gasteiger partial charge in [0.2, 0.25) is 0 Å². The number of aromatic nitrogens is 1. The van der Waals surface area contributed by atoms with E-state index in [-0.39, 0.29) is 5.91 Å². The van der Waals surface area contributed by atoms with Crippen molar-refractivity contribution in [1.29, 1.82) is 0 Å². The van der Waals surface area contributed by atoms with Crippen LogP contribution in [0.1, 0.15) is 53.6 Å². The van der Waals surface area contributed by atoms with Crippen LogP contribution in [0.25, 0.3) is 10.8 Å². The molecule has 0 saturated carbocycles. The molecule has 2 aromatic carbocycles. The molecule has 1 N–H and O–H groups in total. The lowest BCUT2D eigenvalue weighted by Crippen LogP contribution is -2.42. The minimum absolute atomic E-state index is 0.0998. The van der Waals surface area contributed by atoms with E-state index in [0.717, 1.165) is 47.3 Å². The van der Waals surface area contributed by atoms with Crippen molar-refractivity contribution in [2.45, 2.75) is 52.7 Å². The van der Waals surface area contributed by atoms with E-state index in [0.29, 0.717) is 30.5 Å². The zero-order chi connectivity index (χ0) is 21.8. The molecule has 2 heterocycles. The van der Waals surface area contributed by atoms with Crippen molar-refractivity contribution in [3.8, 4) is 5.75 Å². The van der Waals surface area contributed by atoms with Gasteiger partial charge in [-0.1, -0.05) is 36.3 Å². The molecular weight excluding hydrogens is 390 g/mol. The second-order valence-electron chi connectivity index (χ2n) is 8.30. The number of nitrogens with zero attached hydrogens (tertiary/aromatic N) is 2. The Labute approximate surface area is 183 Å². The molecule has 1 fully saturated rings. The minimum Gasteiger partial charge on any atom is -0.488 e. The van der Waals surface area contributed by atoms with Crippen LogP contribution in [0.5, 0.6) is 5.75 Å². The first-order valence-corrected chi connectivity index (χ1v) is 11.2. The van der Waals surface area contributed by atoms with Crippen molar-refractivity contribution in [2.24, 2.45) is 0 Å². The highest BCUT2D eigenvalue weighted by atomic mass is 16.5. The summed E-state index contributed by atoms with van der Waals surface area (Å²) < 4.78 is 11.4. The van der Waals surface area contributed by atoms with Gasteiger partial charge in [-0.25, -0.2) is 0 Å². The second-order valence-corrected chi connectivity index (χ2v) is 8.30. The molecule has 1 saturated heterocycles. The molecule has 164 valence electrons. The van der Waals surface area contributed by atoms with Gasteiger partial charge in [-0.15, -0.1) is 0 Å². The molecule has 1 atom stereocenters. The minimum atomic E-state index is -0.0998. The Morgan fingerprint density at radius 1 is 1.19 bits per heavy atom. The molecule has 6 heteroatoms. The lowest BCUT2D eigenvalue weighted by Gasteiger charge is -2.26. The van der Waals surface area contributed by atoms with Gasteiger partial charge in [-0.05, 0) is 69.1 Å². The molecule has 6 nitrogen and oxygen atoms in total. The molecule has 1 aliphatic rings. The van der Waals surface area contributed by atoms with E-state index in [2.05, 4.69) is 22.3 Å². The molecule has 3 aromatic rings. The summed E-state index contributed by atoms with van der Waals surface area (Å²) in [5.41, 5.74) is 2.28. The van der Waals surface area contributed by atoms with E-state index >= 15 is 0 Å². The number of aryl methyl sites for hydroxylation is 2. The van der Waals surface area contributed by atoms with Crippen LogP contribution in [-0.4, -0.2) is 41.6 Å². The number of amides is 1. The molecule has 4 rings (SSSR count). The number of hydrogen-bond donors (Lipinski definition) is 1. The maximum atomic E-state index is 13.2. The smallest absolute Gasteiger partial charge is 0.255 e. The van der Waals surface area contributed by atoms with Crippen LogP contribution in [0.15, 0.2) is 40.9 Å². The fourth-order valence-corrected chi connectivity index (χ4v) is 4.32. The molecule has 31 heavy (non-hydrogen) atoms. The molecule has 0 radical (unpaired) electrons. The Kier molecular flexibility index (Phi) is 6.56. The van der Waals surface area contributed by atoms with Crippen LogP contribution in [0.4, 0.5) is 0 Å². The van der Waals surface area contributed by atoms with Crippen molar-refractivity contribution in [3.05, 3.63) is 59.0 Å². The second kappa shape index (κ2) is 9.52. The maximum absolute atomic E-state index is 13.2. The summed E-state index contributed by atoms with van der Waals surface area (Å²) in [6.45, 7) is 9.15. The average Bonchev–Trinajstić information content (AvgIpc) is 3.42. The van der Waals surface area contributed by atoms with E-state index in [1.54, 1.807) is 0 Å². The van der Waals surface area contributed by atoms with Gasteiger partial charge in [0.15, 0.2) is 0 Å². The summed E-state index contributed by atoms with van der Waals surface area (Å²) >= 11 is 0. The molecule has 0 bridgehead atoms. The topological polar surface area (TPSA) is 67.6 Å². The van der Waals surface area contributed by atoms with Crippen molar-refractivity contribution < 1.29 is 14.1 Å². The number of nitrogens with one attached hydrogen (secondary N) is 1. The van der Waals surface area contributed by atoms with Gasteiger partial charge < -0.3 is 14.6 Å². The summed E-state index contributed by atoms with van der Waals surface area (Å²) in [5, 5.41) is 9.21. The highest BCUT2D eigenvalue weighted by molar-refractivity contribution is 6.01. The van der Waals surface area contributed by atoms with E-state index in [9.17, 15) is 4.79 Å². The number of ether oxygens (including phenoxy) is 1. The number of hydrogen-bond acceptors (Lipinski definition) is 5. The number of rotatable bonds is 8. The predicted octanol–water partition coefficient (Wildman–Crippen LogP) is 4.63. The Balaban J connectivity index is 1.55. The summed E-state index contributed by atoms with van der Waals surface area (Å²) in [6.07, 6.45) is 3.51. The number of fused-ring (bicyclic) bond motifs is 1. The summed E-state index contributed by atoms with van der Waals surface area (Å²) in [7, 11) is 0. The highest BCUT2D eigenvalue weighted by Gasteiger charge is 2.22. The average molecular weight is 422 g/mol. The number of likely N-dealkylation sites (tertiary alicyclic amines) is 1. The van der Waals surface area contributed by atoms with Gasteiger partial charge in [-0.2, -0.15) is 0 Å². The lowest BCUT2D eigenvalue weighted by atomic mass is 10.0. The Morgan fingerprint density at radius 3 is 2.55 bits per heavy atom. The first-order valence-electron chi connectivity index (χ1n) is 11.2. The van der Waals surface area contributed by atoms with E-state index in [1.807, 2.05) is 50.2 Å². The molecule has 1 aliphatic heterocycles. The van der Waals surface area contributed by atoms with Crippen LogP contribution >= 0.6 is 0 Å². The standard InChI is InChI=1S/C25H31N3O3/c1-4-21(28-11-7-8-12-28)15-26-25(29)22-13-19-9-5-6-10-20(19)14-24(22)30-16-23-17(2)27-31-18(23)3/h5-6,9-10,13-14,21H,4,7-8,11-12,15-16H2,1-3H3,(H,26,29). The van der Waals surface area contributed by atoms with Crippen LogP contribution in [0, 0.1) is 13.8 Å². The van der Waals surface area contributed by atoms with Crippen LogP contribution in [0.3, 0.4) is 0 Å². The lowest BCUT2D eigenvalue weighted by molar-refractivity contribution is 0.0932. The Bertz CT molecular complexity index is 1030. The van der Waals surface area contributed by atoms with E-state index < -0.39 is 0 Å². The number of benzene rings is 2. The van der Waals surface area contributed by atoms with Gasteiger partial charge in [0.1, 0.15) is 18.1 Å². The van der Waals surface area contributed by atoms with Crippen LogP contribution in [0.2, 0.25) is 0 Å². The zero-order valence-corrected chi connectivity index (χ0v) is 18.6. The normalized spacial score (nSPS) is 15.3. The van der Waals surface area contributed by atoms with E-state index in [4.69, 9.17) is 9.26 Å². The largest absolute Gasteiger partial charge is 0.488 e. The maximum Gasteiger partial charge on any atom is 0.255 e.